The Morgan fingerprint density at radius 2 is 2.10 bits per heavy atom. The van der Waals surface area contributed by atoms with Gasteiger partial charge in [0, 0.05) is 18.7 Å². The zero-order chi connectivity index (χ0) is 14.5. The molecule has 110 valence electrons. The summed E-state index contributed by atoms with van der Waals surface area (Å²) in [6, 6.07) is 2.82. The number of aromatic nitrogens is 1. The fraction of sp³-hybridized carbons (Fsp3) is 0.615. The van der Waals surface area contributed by atoms with Crippen LogP contribution in [0, 0.1) is 10.1 Å². The summed E-state index contributed by atoms with van der Waals surface area (Å²) in [5, 5.41) is 19.8. The molecule has 2 rings (SSSR count). The summed E-state index contributed by atoms with van der Waals surface area (Å²) in [5.74, 6) is -0.472. The molecular weight excluding hydrogens is 262 g/mol. The van der Waals surface area contributed by atoms with Crippen molar-refractivity contribution >= 4 is 11.7 Å². The number of rotatable bonds is 5. The first-order chi connectivity index (χ1) is 9.63. The number of nitro groups is 1. The maximum Gasteiger partial charge on any atom is 0.321 e. The van der Waals surface area contributed by atoms with Crippen LogP contribution < -0.4 is 0 Å². The predicted molar refractivity (Wildman–Crippen MR) is 72.4 cm³/mol. The number of hydrogen-bond acceptors (Lipinski definition) is 4. The van der Waals surface area contributed by atoms with Crippen molar-refractivity contribution in [1.82, 2.24) is 9.88 Å². The molecule has 0 atom stereocenters. The maximum atomic E-state index is 12.4. The maximum absolute atomic E-state index is 12.4. The lowest BCUT2D eigenvalue weighted by atomic mass is 9.94. The van der Waals surface area contributed by atoms with Gasteiger partial charge in [0.15, 0.2) is 5.69 Å². The minimum Gasteiger partial charge on any atom is -0.395 e. The zero-order valence-corrected chi connectivity index (χ0v) is 11.2. The molecule has 0 spiro atoms. The monoisotopic (exact) mass is 281 g/mol. The Bertz CT molecular complexity index is 480. The van der Waals surface area contributed by atoms with Crippen molar-refractivity contribution in [3.63, 3.8) is 0 Å². The van der Waals surface area contributed by atoms with Crippen LogP contribution in [0.3, 0.4) is 0 Å². The third-order valence-corrected chi connectivity index (χ3v) is 3.71. The van der Waals surface area contributed by atoms with Crippen LogP contribution in [-0.2, 0) is 0 Å². The number of aromatic amines is 1. The van der Waals surface area contributed by atoms with Crippen molar-refractivity contribution in [3.05, 3.63) is 27.9 Å². The molecule has 0 aliphatic heterocycles. The fourth-order valence-electron chi connectivity index (χ4n) is 2.72. The number of aliphatic hydroxyl groups excluding tert-OH is 1. The average Bonchev–Trinajstić information content (AvgIpc) is 2.95. The number of carbonyl (C=O) groups is 1. The number of amides is 1. The van der Waals surface area contributed by atoms with Gasteiger partial charge in [0.25, 0.3) is 5.91 Å². The molecule has 1 aliphatic carbocycles. The van der Waals surface area contributed by atoms with E-state index >= 15 is 0 Å². The smallest absolute Gasteiger partial charge is 0.321 e. The summed E-state index contributed by atoms with van der Waals surface area (Å²) in [6.07, 6.45) is 5.17. The van der Waals surface area contributed by atoms with Gasteiger partial charge in [-0.2, -0.15) is 0 Å². The molecule has 1 fully saturated rings. The van der Waals surface area contributed by atoms with Crippen molar-refractivity contribution in [1.29, 1.82) is 0 Å². The van der Waals surface area contributed by atoms with Gasteiger partial charge in [-0.15, -0.1) is 0 Å². The topological polar surface area (TPSA) is 99.5 Å². The van der Waals surface area contributed by atoms with E-state index in [1.807, 2.05) is 0 Å². The largest absolute Gasteiger partial charge is 0.395 e. The highest BCUT2D eigenvalue weighted by Crippen LogP contribution is 2.24. The second-order valence-electron chi connectivity index (χ2n) is 5.03. The van der Waals surface area contributed by atoms with E-state index in [-0.39, 0.29) is 36.6 Å². The molecule has 7 nitrogen and oxygen atoms in total. The summed E-state index contributed by atoms with van der Waals surface area (Å²) in [4.78, 5) is 26.7. The van der Waals surface area contributed by atoms with E-state index < -0.39 is 4.92 Å². The minimum atomic E-state index is -0.562. The van der Waals surface area contributed by atoms with Gasteiger partial charge < -0.3 is 20.1 Å². The van der Waals surface area contributed by atoms with Crippen molar-refractivity contribution in [2.45, 2.75) is 38.1 Å². The molecule has 1 aliphatic rings. The van der Waals surface area contributed by atoms with Crippen LogP contribution in [0.1, 0.15) is 42.6 Å². The summed E-state index contributed by atoms with van der Waals surface area (Å²) >= 11 is 0. The molecule has 7 heteroatoms. The van der Waals surface area contributed by atoms with E-state index in [4.69, 9.17) is 5.11 Å². The van der Waals surface area contributed by atoms with Gasteiger partial charge in [-0.05, 0) is 23.8 Å². The summed E-state index contributed by atoms with van der Waals surface area (Å²) in [6.45, 7) is 0.154. The summed E-state index contributed by atoms with van der Waals surface area (Å²) < 4.78 is 0. The lowest BCUT2D eigenvalue weighted by Gasteiger charge is -2.33. The van der Waals surface area contributed by atoms with Crippen molar-refractivity contribution in [3.8, 4) is 0 Å². The average molecular weight is 281 g/mol. The van der Waals surface area contributed by atoms with Crippen molar-refractivity contribution in [2.75, 3.05) is 13.2 Å². The quantitative estimate of drug-likeness (QED) is 0.633. The Kier molecular flexibility index (Phi) is 4.73. The Hall–Kier alpha value is -1.89. The second-order valence-corrected chi connectivity index (χ2v) is 5.03. The Morgan fingerprint density at radius 1 is 1.40 bits per heavy atom. The minimum absolute atomic E-state index is 0.106. The highest BCUT2D eigenvalue weighted by Gasteiger charge is 2.28. The predicted octanol–water partition coefficient (Wildman–Crippen LogP) is 1.69. The number of carbonyl (C=O) groups excluding carboxylic acids is 1. The van der Waals surface area contributed by atoms with E-state index in [0.717, 1.165) is 25.7 Å². The normalized spacial score (nSPS) is 16.1. The van der Waals surface area contributed by atoms with Crippen molar-refractivity contribution in [2.24, 2.45) is 0 Å². The molecular formula is C13H19N3O4. The van der Waals surface area contributed by atoms with Crippen LogP contribution in [0.4, 0.5) is 5.82 Å². The number of hydrogen-bond donors (Lipinski definition) is 2. The summed E-state index contributed by atoms with van der Waals surface area (Å²) in [7, 11) is 0. The highest BCUT2D eigenvalue weighted by atomic mass is 16.6. The van der Waals surface area contributed by atoms with Crippen LogP contribution in [0.5, 0.6) is 0 Å². The molecule has 0 saturated heterocycles. The SMILES string of the molecule is O=C(c1ccc([N+](=O)[O-])[nH]1)N(CCO)C1CCCCC1. The first-order valence-corrected chi connectivity index (χ1v) is 6.88. The van der Waals surface area contributed by atoms with Gasteiger partial charge in [0.05, 0.1) is 6.61 Å². The van der Waals surface area contributed by atoms with Gasteiger partial charge >= 0.3 is 5.82 Å². The fourth-order valence-corrected chi connectivity index (χ4v) is 2.72. The summed E-state index contributed by atoms with van der Waals surface area (Å²) in [5.41, 5.74) is 0.204. The standard InChI is InChI=1S/C13H19N3O4/c17-9-8-15(10-4-2-1-3-5-10)13(18)11-6-7-12(14-11)16(19)20/h6-7,10,14,17H,1-5,8-9H2. The van der Waals surface area contributed by atoms with Gasteiger partial charge in [0.1, 0.15) is 0 Å². The van der Waals surface area contributed by atoms with Gasteiger partial charge in [-0.25, -0.2) is 4.98 Å². The number of aliphatic hydroxyl groups is 1. The number of nitrogens with one attached hydrogen (secondary N) is 1. The Balaban J connectivity index is 2.14. The van der Waals surface area contributed by atoms with Crippen LogP contribution in [0.2, 0.25) is 0 Å². The molecule has 0 unspecified atom stereocenters. The Morgan fingerprint density at radius 3 is 2.65 bits per heavy atom. The van der Waals surface area contributed by atoms with Gasteiger partial charge in [0.2, 0.25) is 0 Å². The molecule has 2 N–H and O–H groups in total. The van der Waals surface area contributed by atoms with E-state index in [1.54, 1.807) is 4.90 Å². The molecule has 1 aromatic rings. The van der Waals surface area contributed by atoms with Gasteiger partial charge in [-0.1, -0.05) is 19.3 Å². The molecule has 0 aromatic carbocycles. The molecule has 1 heterocycles. The van der Waals surface area contributed by atoms with Gasteiger partial charge in [-0.3, -0.25) is 4.79 Å². The van der Waals surface area contributed by atoms with Crippen molar-refractivity contribution < 1.29 is 14.8 Å². The molecule has 0 radical (unpaired) electrons. The lowest BCUT2D eigenvalue weighted by Crippen LogP contribution is -2.43. The van der Waals surface area contributed by atoms with Crippen LogP contribution in [0.25, 0.3) is 0 Å². The Labute approximate surface area is 116 Å². The van der Waals surface area contributed by atoms with E-state index in [9.17, 15) is 14.9 Å². The molecule has 0 bridgehead atoms. The van der Waals surface area contributed by atoms with E-state index in [1.165, 1.54) is 18.6 Å². The first kappa shape index (κ1) is 14.5. The second kappa shape index (κ2) is 6.51. The first-order valence-electron chi connectivity index (χ1n) is 6.88. The van der Waals surface area contributed by atoms with Crippen LogP contribution in [0.15, 0.2) is 12.1 Å². The molecule has 1 aromatic heterocycles. The van der Waals surface area contributed by atoms with E-state index in [2.05, 4.69) is 4.98 Å². The third-order valence-electron chi connectivity index (χ3n) is 3.71. The van der Waals surface area contributed by atoms with Crippen LogP contribution in [-0.4, -0.2) is 45.0 Å². The number of H-pyrrole nitrogens is 1. The lowest BCUT2D eigenvalue weighted by molar-refractivity contribution is -0.389. The van der Waals surface area contributed by atoms with Crippen LogP contribution >= 0.6 is 0 Å². The van der Waals surface area contributed by atoms with E-state index in [0.29, 0.717) is 0 Å². The molecule has 20 heavy (non-hydrogen) atoms. The number of nitrogens with zero attached hydrogens (tertiary/aromatic N) is 2. The zero-order valence-electron chi connectivity index (χ0n) is 11.2. The molecule has 1 amide bonds. The molecule has 1 saturated carbocycles. The third kappa shape index (κ3) is 3.16. The highest BCUT2D eigenvalue weighted by molar-refractivity contribution is 5.93.